The first-order valence-electron chi connectivity index (χ1n) is 10.7. The van der Waals surface area contributed by atoms with Crippen molar-refractivity contribution in [2.75, 3.05) is 4.90 Å². The van der Waals surface area contributed by atoms with Gasteiger partial charge in [0, 0.05) is 23.1 Å². The largest absolute Gasteiger partial charge is 0.447 e. The Bertz CT molecular complexity index is 977. The van der Waals surface area contributed by atoms with Crippen molar-refractivity contribution in [1.29, 1.82) is 0 Å². The van der Waals surface area contributed by atoms with Crippen molar-refractivity contribution < 1.29 is 19.1 Å². The molecular formula is C27H27NO4. The molecule has 0 spiro atoms. The van der Waals surface area contributed by atoms with Crippen LogP contribution < -0.4 is 9.64 Å². The first kappa shape index (κ1) is 22.8. The van der Waals surface area contributed by atoms with Gasteiger partial charge in [0.1, 0.15) is 5.75 Å². The molecule has 5 nitrogen and oxygen atoms in total. The molecule has 0 aliphatic rings. The highest BCUT2D eigenvalue weighted by Gasteiger charge is 2.24. The molecule has 1 unspecified atom stereocenters. The van der Waals surface area contributed by atoms with Gasteiger partial charge in [-0.25, -0.2) is 9.59 Å². The van der Waals surface area contributed by atoms with Crippen LogP contribution in [0, 0.1) is 0 Å². The number of esters is 2. The first-order chi connectivity index (χ1) is 15.6. The van der Waals surface area contributed by atoms with Gasteiger partial charge >= 0.3 is 11.9 Å². The third-order valence-corrected chi connectivity index (χ3v) is 4.85. The van der Waals surface area contributed by atoms with Gasteiger partial charge in [0.2, 0.25) is 0 Å². The lowest BCUT2D eigenvalue weighted by molar-refractivity contribution is -0.159. The van der Waals surface area contributed by atoms with E-state index in [1.165, 1.54) is 0 Å². The molecule has 0 amide bonds. The van der Waals surface area contributed by atoms with Gasteiger partial charge in [-0.15, -0.1) is 0 Å². The summed E-state index contributed by atoms with van der Waals surface area (Å²) in [7, 11) is 0. The van der Waals surface area contributed by atoms with Crippen LogP contribution in [0.1, 0.15) is 26.2 Å². The van der Waals surface area contributed by atoms with Crippen LogP contribution in [0.5, 0.6) is 5.75 Å². The molecule has 0 aliphatic heterocycles. The molecule has 0 N–H and O–H groups in total. The number of carbonyl (C=O) groups is 2. The minimum atomic E-state index is -0.953. The van der Waals surface area contributed by atoms with Gasteiger partial charge in [0.05, 0.1) is 0 Å². The zero-order valence-electron chi connectivity index (χ0n) is 18.1. The Morgan fingerprint density at radius 2 is 1.41 bits per heavy atom. The molecule has 3 aromatic rings. The average molecular weight is 430 g/mol. The van der Waals surface area contributed by atoms with Crippen molar-refractivity contribution in [1.82, 2.24) is 0 Å². The van der Waals surface area contributed by atoms with E-state index in [9.17, 15) is 9.59 Å². The Labute approximate surface area is 188 Å². The van der Waals surface area contributed by atoms with Crippen molar-refractivity contribution in [3.05, 3.63) is 97.6 Å². The summed E-state index contributed by atoms with van der Waals surface area (Å²) in [6.07, 6.45) is 2.11. The number of benzene rings is 3. The fourth-order valence-electron chi connectivity index (χ4n) is 3.25. The Kier molecular flexibility index (Phi) is 8.21. The van der Waals surface area contributed by atoms with Gasteiger partial charge in [-0.2, -0.15) is 0 Å². The zero-order valence-corrected chi connectivity index (χ0v) is 18.1. The van der Waals surface area contributed by atoms with E-state index >= 15 is 0 Å². The third-order valence-electron chi connectivity index (χ3n) is 4.85. The lowest BCUT2D eigenvalue weighted by Crippen LogP contribution is -2.30. The fourth-order valence-corrected chi connectivity index (χ4v) is 3.25. The highest BCUT2D eigenvalue weighted by molar-refractivity contribution is 5.86. The second-order valence-corrected chi connectivity index (χ2v) is 7.19. The predicted octanol–water partition coefficient (Wildman–Crippen LogP) is 6.35. The summed E-state index contributed by atoms with van der Waals surface area (Å²) in [6.45, 7) is 5.38. The van der Waals surface area contributed by atoms with E-state index in [0.29, 0.717) is 12.2 Å². The molecule has 0 aromatic heterocycles. The van der Waals surface area contributed by atoms with Crippen LogP contribution in [0.25, 0.3) is 0 Å². The summed E-state index contributed by atoms with van der Waals surface area (Å²) >= 11 is 0. The van der Waals surface area contributed by atoms with Crippen molar-refractivity contribution >= 4 is 29.0 Å². The molecular weight excluding hydrogens is 402 g/mol. The number of unbranched alkanes of at least 4 members (excludes halogenated alkanes) is 1. The normalized spacial score (nSPS) is 11.3. The minimum Gasteiger partial charge on any atom is -0.447 e. The number of anilines is 3. The van der Waals surface area contributed by atoms with Crippen LogP contribution in [0.3, 0.4) is 0 Å². The van der Waals surface area contributed by atoms with Crippen LogP contribution in [-0.4, -0.2) is 18.0 Å². The van der Waals surface area contributed by atoms with Crippen LogP contribution in [0.15, 0.2) is 97.6 Å². The first-order valence-corrected chi connectivity index (χ1v) is 10.7. The van der Waals surface area contributed by atoms with E-state index in [0.717, 1.165) is 36.0 Å². The molecule has 1 atom stereocenters. The Morgan fingerprint density at radius 1 is 0.875 bits per heavy atom. The Hall–Kier alpha value is -3.86. The van der Waals surface area contributed by atoms with Gasteiger partial charge in [0.15, 0.2) is 6.10 Å². The number of nitrogens with zero attached hydrogens (tertiary/aromatic N) is 1. The minimum absolute atomic E-state index is 0.385. The van der Waals surface area contributed by atoms with Gasteiger partial charge in [-0.3, -0.25) is 0 Å². The summed E-state index contributed by atoms with van der Waals surface area (Å²) in [6, 6.07) is 27.3. The predicted molar refractivity (Wildman–Crippen MR) is 126 cm³/mol. The van der Waals surface area contributed by atoms with Crippen LogP contribution >= 0.6 is 0 Å². The van der Waals surface area contributed by atoms with Gasteiger partial charge in [-0.1, -0.05) is 56.3 Å². The van der Waals surface area contributed by atoms with E-state index in [-0.39, 0.29) is 0 Å². The van der Waals surface area contributed by atoms with Crippen molar-refractivity contribution in [3.8, 4) is 5.75 Å². The zero-order chi connectivity index (χ0) is 22.8. The van der Waals surface area contributed by atoms with E-state index in [1.807, 2.05) is 79.7 Å². The molecule has 0 saturated carbocycles. The van der Waals surface area contributed by atoms with Crippen molar-refractivity contribution in [3.63, 3.8) is 0 Å². The Balaban J connectivity index is 1.79. The molecule has 0 bridgehead atoms. The number of para-hydroxylation sites is 2. The second kappa shape index (κ2) is 11.5. The standard InChI is InChI=1S/C27H27NO4/c1-3-5-16-25(32-26(29)4-2)27(30)31-24-19-17-23(18-20-24)28(21-12-8-6-9-13-21)22-14-10-7-11-15-22/h4,6-15,17-20,25H,2-3,5,16H2,1H3. The number of carbonyl (C=O) groups excluding carboxylic acids is 2. The molecule has 5 heteroatoms. The van der Waals surface area contributed by atoms with E-state index in [2.05, 4.69) is 11.5 Å². The number of hydrogen-bond acceptors (Lipinski definition) is 5. The third kappa shape index (κ3) is 6.08. The average Bonchev–Trinajstić information content (AvgIpc) is 2.84. The highest BCUT2D eigenvalue weighted by Crippen LogP contribution is 2.34. The van der Waals surface area contributed by atoms with Crippen molar-refractivity contribution in [2.24, 2.45) is 0 Å². The molecule has 3 aromatic carbocycles. The smallest absolute Gasteiger partial charge is 0.352 e. The van der Waals surface area contributed by atoms with Crippen LogP contribution in [-0.2, 0) is 14.3 Å². The summed E-state index contributed by atoms with van der Waals surface area (Å²) in [5.74, 6) is -0.847. The number of rotatable bonds is 10. The lowest BCUT2D eigenvalue weighted by atomic mass is 10.1. The van der Waals surface area contributed by atoms with Crippen LogP contribution in [0.4, 0.5) is 17.1 Å². The molecule has 164 valence electrons. The summed E-state index contributed by atoms with van der Waals surface area (Å²) in [5.41, 5.74) is 2.95. The molecule has 0 heterocycles. The molecule has 0 aliphatic carbocycles. The van der Waals surface area contributed by atoms with E-state index < -0.39 is 18.0 Å². The maximum atomic E-state index is 12.6. The Morgan fingerprint density at radius 3 is 1.91 bits per heavy atom. The lowest BCUT2D eigenvalue weighted by Gasteiger charge is -2.25. The highest BCUT2D eigenvalue weighted by atomic mass is 16.6. The fraction of sp³-hybridized carbons (Fsp3) is 0.185. The monoisotopic (exact) mass is 429 g/mol. The van der Waals surface area contributed by atoms with Gasteiger partial charge < -0.3 is 14.4 Å². The summed E-state index contributed by atoms with van der Waals surface area (Å²) < 4.78 is 10.7. The summed E-state index contributed by atoms with van der Waals surface area (Å²) in [4.78, 5) is 26.3. The molecule has 32 heavy (non-hydrogen) atoms. The summed E-state index contributed by atoms with van der Waals surface area (Å²) in [5, 5.41) is 0. The van der Waals surface area contributed by atoms with Crippen molar-refractivity contribution in [2.45, 2.75) is 32.3 Å². The quantitative estimate of drug-likeness (QED) is 0.213. The topological polar surface area (TPSA) is 55.8 Å². The van der Waals surface area contributed by atoms with Crippen LogP contribution in [0.2, 0.25) is 0 Å². The van der Waals surface area contributed by atoms with Gasteiger partial charge in [-0.05, 0) is 61.4 Å². The SMILES string of the molecule is C=CC(=O)OC(CCCC)C(=O)Oc1ccc(N(c2ccccc2)c2ccccc2)cc1. The second-order valence-electron chi connectivity index (χ2n) is 7.19. The van der Waals surface area contributed by atoms with E-state index in [1.54, 1.807) is 12.1 Å². The molecule has 0 fully saturated rings. The molecule has 0 saturated heterocycles. The van der Waals surface area contributed by atoms with Gasteiger partial charge in [0.25, 0.3) is 0 Å². The maximum Gasteiger partial charge on any atom is 0.352 e. The maximum absolute atomic E-state index is 12.6. The van der Waals surface area contributed by atoms with E-state index in [4.69, 9.17) is 9.47 Å². The number of ether oxygens (including phenoxy) is 2. The molecule has 0 radical (unpaired) electrons. The molecule has 3 rings (SSSR count). The number of hydrogen-bond donors (Lipinski definition) is 0.